The summed E-state index contributed by atoms with van der Waals surface area (Å²) in [5, 5.41) is 0. The van der Waals surface area contributed by atoms with E-state index in [4.69, 9.17) is 0 Å². The molecule has 0 amide bonds. The first-order chi connectivity index (χ1) is 7.95. The molecule has 1 saturated heterocycles. The molecule has 1 fully saturated rings. The number of benzene rings is 1. The van der Waals surface area contributed by atoms with Crippen molar-refractivity contribution in [3.8, 4) is 0 Å². The molecule has 1 aromatic rings. The summed E-state index contributed by atoms with van der Waals surface area (Å²) >= 11 is 0. The van der Waals surface area contributed by atoms with Crippen molar-refractivity contribution in [3.63, 3.8) is 0 Å². The van der Waals surface area contributed by atoms with Gasteiger partial charge in [0.25, 0.3) is 0 Å². The maximum atomic E-state index is 2.49. The van der Waals surface area contributed by atoms with Crippen LogP contribution in [0, 0.1) is 0 Å². The molecule has 2 aliphatic rings. The van der Waals surface area contributed by atoms with E-state index in [1.807, 2.05) is 0 Å². The van der Waals surface area contributed by atoms with Crippen LogP contribution in [0.25, 0.3) is 0 Å². The molecule has 1 atom stereocenters. The van der Waals surface area contributed by atoms with E-state index in [2.05, 4.69) is 52.5 Å². The Labute approximate surface area is 97.2 Å². The molecule has 1 aromatic carbocycles. The van der Waals surface area contributed by atoms with Gasteiger partial charge in [0, 0.05) is 24.6 Å². The zero-order chi connectivity index (χ0) is 10.8. The number of rotatable bonds is 1. The molecular weight excluding hydrogens is 196 g/mol. The van der Waals surface area contributed by atoms with Crippen molar-refractivity contribution in [1.82, 2.24) is 4.90 Å². The predicted molar refractivity (Wildman–Crippen MR) is 67.0 cm³/mol. The van der Waals surface area contributed by atoms with E-state index in [1.165, 1.54) is 37.9 Å². The van der Waals surface area contributed by atoms with Crippen molar-refractivity contribution >= 4 is 5.69 Å². The highest BCUT2D eigenvalue weighted by atomic mass is 15.4. The number of fused-ring (bicyclic) bond motifs is 1. The molecule has 3 rings (SSSR count). The predicted octanol–water partition coefficient (Wildman–Crippen LogP) is 3.18. The summed E-state index contributed by atoms with van der Waals surface area (Å²) in [7, 11) is 0. The van der Waals surface area contributed by atoms with Crippen molar-refractivity contribution in [2.75, 3.05) is 11.4 Å². The Morgan fingerprint density at radius 1 is 0.938 bits per heavy atom. The van der Waals surface area contributed by atoms with Crippen LogP contribution in [0.4, 0.5) is 5.69 Å². The normalized spacial score (nSPS) is 24.4. The Bertz CT molecular complexity index is 372. The third-order valence-corrected chi connectivity index (χ3v) is 3.56. The van der Waals surface area contributed by atoms with Crippen LogP contribution >= 0.6 is 0 Å². The van der Waals surface area contributed by atoms with E-state index < -0.39 is 0 Å². The second-order valence-corrected chi connectivity index (χ2v) is 4.61. The van der Waals surface area contributed by atoms with E-state index in [1.54, 1.807) is 0 Å². The highest BCUT2D eigenvalue weighted by Gasteiger charge is 2.27. The van der Waals surface area contributed by atoms with E-state index in [-0.39, 0.29) is 0 Å². The largest absolute Gasteiger partial charge is 0.356 e. The summed E-state index contributed by atoms with van der Waals surface area (Å²) in [6.07, 6.45) is 10.4. The van der Waals surface area contributed by atoms with Crippen LogP contribution < -0.4 is 4.90 Å². The van der Waals surface area contributed by atoms with E-state index >= 15 is 0 Å². The lowest BCUT2D eigenvalue weighted by Crippen LogP contribution is -2.37. The summed E-state index contributed by atoms with van der Waals surface area (Å²) < 4.78 is 0. The van der Waals surface area contributed by atoms with E-state index in [9.17, 15) is 0 Å². The molecule has 0 bridgehead atoms. The quantitative estimate of drug-likeness (QED) is 0.708. The molecule has 84 valence electrons. The molecule has 0 aliphatic carbocycles. The summed E-state index contributed by atoms with van der Waals surface area (Å²) in [6, 6.07) is 10.7. The highest BCUT2D eigenvalue weighted by Crippen LogP contribution is 2.29. The molecule has 2 heterocycles. The van der Waals surface area contributed by atoms with Gasteiger partial charge in [0.1, 0.15) is 6.17 Å². The van der Waals surface area contributed by atoms with Crippen molar-refractivity contribution in [2.24, 2.45) is 0 Å². The summed E-state index contributed by atoms with van der Waals surface area (Å²) in [6.45, 7) is 1.21. The van der Waals surface area contributed by atoms with Crippen molar-refractivity contribution in [1.29, 1.82) is 0 Å². The zero-order valence-corrected chi connectivity index (χ0v) is 9.55. The molecule has 2 heteroatoms. The molecular formula is C14H18N2. The Kier molecular flexibility index (Phi) is 2.56. The fourth-order valence-electron chi connectivity index (χ4n) is 2.70. The van der Waals surface area contributed by atoms with Crippen molar-refractivity contribution in [3.05, 3.63) is 42.7 Å². The number of para-hydroxylation sites is 1. The lowest BCUT2D eigenvalue weighted by molar-refractivity contribution is 0.306. The smallest absolute Gasteiger partial charge is 0.105 e. The van der Waals surface area contributed by atoms with Gasteiger partial charge in [-0.2, -0.15) is 0 Å². The molecule has 2 nitrogen and oxygen atoms in total. The maximum absolute atomic E-state index is 2.49. The third kappa shape index (κ3) is 1.69. The molecule has 2 aliphatic heterocycles. The minimum Gasteiger partial charge on any atom is -0.356 e. The first-order valence-corrected chi connectivity index (χ1v) is 6.22. The molecule has 0 saturated carbocycles. The summed E-state index contributed by atoms with van der Waals surface area (Å²) in [5.41, 5.74) is 1.31. The minimum atomic E-state index is 0.560. The Balaban J connectivity index is 1.84. The average Bonchev–Trinajstić information content (AvgIpc) is 2.60. The number of hydrogen-bond donors (Lipinski definition) is 0. The first kappa shape index (κ1) is 9.76. The molecule has 16 heavy (non-hydrogen) atoms. The Hall–Kier alpha value is -1.44. The summed E-state index contributed by atoms with van der Waals surface area (Å²) in [5.74, 6) is 0. The average molecular weight is 214 g/mol. The number of hydrogen-bond acceptors (Lipinski definition) is 2. The van der Waals surface area contributed by atoms with Gasteiger partial charge in [-0.15, -0.1) is 0 Å². The second kappa shape index (κ2) is 4.20. The fraction of sp³-hybridized carbons (Fsp3) is 0.429. The van der Waals surface area contributed by atoms with Crippen LogP contribution in [-0.2, 0) is 0 Å². The second-order valence-electron chi connectivity index (χ2n) is 4.61. The Morgan fingerprint density at radius 2 is 1.81 bits per heavy atom. The molecule has 0 N–H and O–H groups in total. The zero-order valence-electron chi connectivity index (χ0n) is 9.55. The van der Waals surface area contributed by atoms with Crippen molar-refractivity contribution in [2.45, 2.75) is 31.8 Å². The SMILES string of the molecule is C1=CN(c2ccccc2)C2CCCCCN12. The maximum Gasteiger partial charge on any atom is 0.105 e. The highest BCUT2D eigenvalue weighted by molar-refractivity contribution is 5.51. The van der Waals surface area contributed by atoms with Gasteiger partial charge in [0.2, 0.25) is 0 Å². The van der Waals surface area contributed by atoms with Crippen LogP contribution in [0.15, 0.2) is 42.7 Å². The first-order valence-electron chi connectivity index (χ1n) is 6.22. The van der Waals surface area contributed by atoms with Gasteiger partial charge in [-0.25, -0.2) is 0 Å². The van der Waals surface area contributed by atoms with Crippen LogP contribution in [0.3, 0.4) is 0 Å². The van der Waals surface area contributed by atoms with E-state index in [0.29, 0.717) is 6.17 Å². The summed E-state index contributed by atoms with van der Waals surface area (Å²) in [4.78, 5) is 4.89. The lowest BCUT2D eigenvalue weighted by Gasteiger charge is -2.31. The van der Waals surface area contributed by atoms with Gasteiger partial charge in [-0.05, 0) is 31.4 Å². The molecule has 0 aromatic heterocycles. The Morgan fingerprint density at radius 3 is 2.69 bits per heavy atom. The molecule has 0 spiro atoms. The van der Waals surface area contributed by atoms with Gasteiger partial charge >= 0.3 is 0 Å². The fourth-order valence-corrected chi connectivity index (χ4v) is 2.70. The van der Waals surface area contributed by atoms with Crippen LogP contribution in [0.5, 0.6) is 0 Å². The number of nitrogens with zero attached hydrogens (tertiary/aromatic N) is 2. The standard InChI is InChI=1S/C14H18N2/c1-3-7-13(8-4-1)16-12-11-15-10-6-2-5-9-14(15)16/h1,3-4,7-8,11-12,14H,2,5-6,9-10H2. The number of anilines is 1. The monoisotopic (exact) mass is 214 g/mol. The molecule has 0 radical (unpaired) electrons. The lowest BCUT2D eigenvalue weighted by atomic mass is 10.2. The van der Waals surface area contributed by atoms with Gasteiger partial charge < -0.3 is 9.80 Å². The third-order valence-electron chi connectivity index (χ3n) is 3.56. The minimum absolute atomic E-state index is 0.560. The van der Waals surface area contributed by atoms with Crippen molar-refractivity contribution < 1.29 is 0 Å². The van der Waals surface area contributed by atoms with Crippen LogP contribution in [0.2, 0.25) is 0 Å². The van der Waals surface area contributed by atoms with Gasteiger partial charge in [0.15, 0.2) is 0 Å². The van der Waals surface area contributed by atoms with Gasteiger partial charge in [-0.1, -0.05) is 24.6 Å². The van der Waals surface area contributed by atoms with Gasteiger partial charge in [-0.3, -0.25) is 0 Å². The topological polar surface area (TPSA) is 6.48 Å². The van der Waals surface area contributed by atoms with Crippen LogP contribution in [0.1, 0.15) is 25.7 Å². The molecule has 1 unspecified atom stereocenters. The van der Waals surface area contributed by atoms with Gasteiger partial charge in [0.05, 0.1) is 0 Å². The van der Waals surface area contributed by atoms with E-state index in [0.717, 1.165) is 0 Å². The van der Waals surface area contributed by atoms with Crippen LogP contribution in [-0.4, -0.2) is 17.6 Å².